The van der Waals surface area contributed by atoms with Crippen LogP contribution in [0.25, 0.3) is 20.4 Å². The summed E-state index contributed by atoms with van der Waals surface area (Å²) in [6.07, 6.45) is 0. The molecule has 2 aromatic carbocycles. The van der Waals surface area contributed by atoms with Gasteiger partial charge in [0.15, 0.2) is 5.13 Å². The predicted octanol–water partition coefficient (Wildman–Crippen LogP) is 4.17. The number of phenols is 1. The number of thiazole rings is 2. The molecule has 0 radical (unpaired) electrons. The molecule has 2 N–H and O–H groups in total. The van der Waals surface area contributed by atoms with Crippen LogP contribution in [0.5, 0.6) is 5.75 Å². The van der Waals surface area contributed by atoms with Crippen LogP contribution in [-0.2, 0) is 0 Å². The molecule has 1 amide bonds. The van der Waals surface area contributed by atoms with Crippen molar-refractivity contribution in [1.82, 2.24) is 9.97 Å². The second kappa shape index (κ2) is 5.29. The quantitative estimate of drug-likeness (QED) is 0.574. The molecule has 2 heterocycles. The molecule has 0 aliphatic heterocycles. The van der Waals surface area contributed by atoms with E-state index in [9.17, 15) is 9.90 Å². The van der Waals surface area contributed by atoms with Crippen LogP contribution >= 0.6 is 22.7 Å². The van der Waals surface area contributed by atoms with Gasteiger partial charge in [-0.05, 0) is 31.2 Å². The third-order valence-corrected chi connectivity index (χ3v) is 5.53. The lowest BCUT2D eigenvalue weighted by molar-refractivity contribution is 0.102. The molecular weight excluding hydrogens is 330 g/mol. The van der Waals surface area contributed by atoms with Crippen LogP contribution < -0.4 is 5.32 Å². The predicted molar refractivity (Wildman–Crippen MR) is 93.6 cm³/mol. The summed E-state index contributed by atoms with van der Waals surface area (Å²) < 4.78 is 2.10. The minimum atomic E-state index is -0.376. The summed E-state index contributed by atoms with van der Waals surface area (Å²) in [6.45, 7) is 1.97. The van der Waals surface area contributed by atoms with Crippen molar-refractivity contribution in [3.8, 4) is 5.75 Å². The molecule has 0 saturated carbocycles. The standard InChI is InChI=1S/C16H11N3O2S2/c1-8-17-10-6-7-11-14(13(10)22-8)23-16(18-11)19-15(21)9-4-2-3-5-12(9)20/h2-7,20H,1H3,(H,18,19,21). The number of amides is 1. The first-order valence-corrected chi connectivity index (χ1v) is 8.51. The fourth-order valence-electron chi connectivity index (χ4n) is 2.37. The number of aromatic hydroxyl groups is 1. The van der Waals surface area contributed by atoms with Crippen LogP contribution in [0.1, 0.15) is 15.4 Å². The molecular formula is C16H11N3O2S2. The molecule has 0 bridgehead atoms. The van der Waals surface area contributed by atoms with Crippen LogP contribution in [-0.4, -0.2) is 21.0 Å². The van der Waals surface area contributed by atoms with Gasteiger partial charge in [-0.2, -0.15) is 0 Å². The summed E-state index contributed by atoms with van der Waals surface area (Å²) in [5, 5.41) is 14.0. The van der Waals surface area contributed by atoms with Gasteiger partial charge in [-0.25, -0.2) is 9.97 Å². The summed E-state index contributed by atoms with van der Waals surface area (Å²) in [7, 11) is 0. The normalized spacial score (nSPS) is 11.2. The van der Waals surface area contributed by atoms with Gasteiger partial charge in [-0.3, -0.25) is 10.1 Å². The average Bonchev–Trinajstić information content (AvgIpc) is 3.09. The van der Waals surface area contributed by atoms with E-state index < -0.39 is 0 Å². The van der Waals surface area contributed by atoms with E-state index in [1.54, 1.807) is 29.5 Å². The van der Waals surface area contributed by atoms with Crippen molar-refractivity contribution in [3.05, 3.63) is 47.0 Å². The number of nitrogens with one attached hydrogen (secondary N) is 1. The fraction of sp³-hybridized carbons (Fsp3) is 0.0625. The van der Waals surface area contributed by atoms with E-state index in [0.717, 1.165) is 25.4 Å². The molecule has 0 unspecified atom stereocenters. The second-order valence-electron chi connectivity index (χ2n) is 4.99. The highest BCUT2D eigenvalue weighted by atomic mass is 32.1. The first kappa shape index (κ1) is 14.1. The fourth-order valence-corrected chi connectivity index (χ4v) is 4.37. The van der Waals surface area contributed by atoms with Crippen LogP contribution in [0.15, 0.2) is 36.4 Å². The van der Waals surface area contributed by atoms with Crippen molar-refractivity contribution in [2.24, 2.45) is 0 Å². The smallest absolute Gasteiger partial charge is 0.261 e. The Hall–Kier alpha value is -2.51. The van der Waals surface area contributed by atoms with Gasteiger partial charge in [0, 0.05) is 0 Å². The number of hydrogen-bond donors (Lipinski definition) is 2. The van der Waals surface area contributed by atoms with E-state index in [4.69, 9.17) is 0 Å². The highest BCUT2D eigenvalue weighted by Gasteiger charge is 2.15. The van der Waals surface area contributed by atoms with Gasteiger partial charge in [0.25, 0.3) is 5.91 Å². The number of benzene rings is 2. The van der Waals surface area contributed by atoms with E-state index in [0.29, 0.717) is 5.13 Å². The largest absolute Gasteiger partial charge is 0.507 e. The van der Waals surface area contributed by atoms with E-state index in [-0.39, 0.29) is 17.2 Å². The van der Waals surface area contributed by atoms with Gasteiger partial charge in [-0.1, -0.05) is 23.5 Å². The topological polar surface area (TPSA) is 75.1 Å². The van der Waals surface area contributed by atoms with Gasteiger partial charge in [0.05, 0.1) is 31.0 Å². The Kier molecular flexibility index (Phi) is 3.24. The van der Waals surface area contributed by atoms with Gasteiger partial charge >= 0.3 is 0 Å². The van der Waals surface area contributed by atoms with Crippen LogP contribution in [0.3, 0.4) is 0 Å². The Morgan fingerprint density at radius 1 is 1.04 bits per heavy atom. The molecule has 0 fully saturated rings. The maximum Gasteiger partial charge on any atom is 0.261 e. The molecule has 4 aromatic rings. The Labute approximate surface area is 139 Å². The molecule has 0 atom stereocenters. The first-order valence-electron chi connectivity index (χ1n) is 6.88. The van der Waals surface area contributed by atoms with Crippen molar-refractivity contribution in [2.75, 3.05) is 5.32 Å². The minimum absolute atomic E-state index is 0.0495. The van der Waals surface area contributed by atoms with E-state index in [1.165, 1.54) is 17.4 Å². The first-order chi connectivity index (χ1) is 11.1. The lowest BCUT2D eigenvalue weighted by Gasteiger charge is -2.03. The van der Waals surface area contributed by atoms with Crippen LogP contribution in [0.2, 0.25) is 0 Å². The Morgan fingerprint density at radius 3 is 2.52 bits per heavy atom. The number of carbonyl (C=O) groups is 1. The van der Waals surface area contributed by atoms with Gasteiger partial charge < -0.3 is 5.11 Å². The molecule has 4 rings (SSSR count). The SMILES string of the molecule is Cc1nc2ccc3nc(NC(=O)c4ccccc4O)sc3c2s1. The summed E-state index contributed by atoms with van der Waals surface area (Å²) in [5.41, 5.74) is 2.01. The zero-order chi connectivity index (χ0) is 16.0. The van der Waals surface area contributed by atoms with Crippen molar-refractivity contribution < 1.29 is 9.90 Å². The van der Waals surface area contributed by atoms with E-state index >= 15 is 0 Å². The van der Waals surface area contributed by atoms with Crippen molar-refractivity contribution >= 4 is 54.1 Å². The summed E-state index contributed by atoms with van der Waals surface area (Å²) in [5.74, 6) is -0.425. The van der Waals surface area contributed by atoms with Gasteiger partial charge in [0.2, 0.25) is 0 Å². The lowest BCUT2D eigenvalue weighted by Crippen LogP contribution is -2.11. The summed E-state index contributed by atoms with van der Waals surface area (Å²) in [6, 6.07) is 10.3. The number of fused-ring (bicyclic) bond motifs is 3. The number of nitrogens with zero attached hydrogens (tertiary/aromatic N) is 2. The number of para-hydroxylation sites is 1. The van der Waals surface area contributed by atoms with Crippen molar-refractivity contribution in [1.29, 1.82) is 0 Å². The van der Waals surface area contributed by atoms with Crippen LogP contribution in [0, 0.1) is 6.92 Å². The molecule has 0 saturated heterocycles. The number of carbonyl (C=O) groups excluding carboxylic acids is 1. The van der Waals surface area contributed by atoms with Gasteiger partial charge in [0.1, 0.15) is 5.75 Å². The monoisotopic (exact) mass is 341 g/mol. The average molecular weight is 341 g/mol. The number of aryl methyl sites for hydroxylation is 1. The zero-order valence-electron chi connectivity index (χ0n) is 12.0. The minimum Gasteiger partial charge on any atom is -0.507 e. The second-order valence-corrected chi connectivity index (χ2v) is 7.19. The molecule has 23 heavy (non-hydrogen) atoms. The highest BCUT2D eigenvalue weighted by Crippen LogP contribution is 2.36. The summed E-state index contributed by atoms with van der Waals surface area (Å²) >= 11 is 3.03. The van der Waals surface area contributed by atoms with E-state index in [2.05, 4.69) is 15.3 Å². The molecule has 114 valence electrons. The lowest BCUT2D eigenvalue weighted by atomic mass is 10.2. The number of rotatable bonds is 2. The van der Waals surface area contributed by atoms with Crippen molar-refractivity contribution in [2.45, 2.75) is 6.92 Å². The van der Waals surface area contributed by atoms with E-state index in [1.807, 2.05) is 19.1 Å². The molecule has 0 aliphatic rings. The number of hydrogen-bond acceptors (Lipinski definition) is 6. The number of anilines is 1. The van der Waals surface area contributed by atoms with Crippen LogP contribution in [0.4, 0.5) is 5.13 Å². The summed E-state index contributed by atoms with van der Waals surface area (Å²) in [4.78, 5) is 21.2. The molecule has 0 spiro atoms. The Bertz CT molecular complexity index is 1050. The zero-order valence-corrected chi connectivity index (χ0v) is 13.7. The molecule has 0 aliphatic carbocycles. The Balaban J connectivity index is 1.73. The Morgan fingerprint density at radius 2 is 1.74 bits per heavy atom. The maximum atomic E-state index is 12.3. The third kappa shape index (κ3) is 2.43. The van der Waals surface area contributed by atoms with Crippen molar-refractivity contribution in [3.63, 3.8) is 0 Å². The third-order valence-electron chi connectivity index (χ3n) is 3.39. The molecule has 7 heteroatoms. The number of aromatic nitrogens is 2. The maximum absolute atomic E-state index is 12.3. The highest BCUT2D eigenvalue weighted by molar-refractivity contribution is 7.28. The van der Waals surface area contributed by atoms with Gasteiger partial charge in [-0.15, -0.1) is 11.3 Å². The molecule has 2 aromatic heterocycles. The molecule has 5 nitrogen and oxygen atoms in total. The number of phenolic OH excluding ortho intramolecular Hbond substituents is 1.